The number of halogens is 2. The Morgan fingerprint density at radius 3 is 2.72 bits per heavy atom. The summed E-state index contributed by atoms with van der Waals surface area (Å²) >= 11 is 0.932. The summed E-state index contributed by atoms with van der Waals surface area (Å²) in [6, 6.07) is 0. The maximum Gasteiger partial charge on any atom is 0.350 e. The molecule has 0 atom stereocenters. The van der Waals surface area contributed by atoms with Crippen LogP contribution in [-0.4, -0.2) is 32.7 Å². The molecular weight excluding hydrogens is 266 g/mol. The van der Waals surface area contributed by atoms with Gasteiger partial charge in [-0.1, -0.05) is 0 Å². The lowest BCUT2D eigenvalue weighted by molar-refractivity contribution is 0.0533. The Bertz CT molecular complexity index is 424. The van der Waals surface area contributed by atoms with Crippen LogP contribution in [0, 0.1) is 0 Å². The third kappa shape index (κ3) is 3.22. The number of methoxy groups -OCH3 is 1. The monoisotopic (exact) mass is 280 g/mol. The number of carbonyl (C=O) groups excluding carboxylic acids is 1. The number of ether oxygens (including phenoxy) is 2. The minimum Gasteiger partial charge on any atom is -0.492 e. The van der Waals surface area contributed by atoms with E-state index < -0.39 is 18.9 Å². The molecule has 0 aromatic carbocycles. The van der Waals surface area contributed by atoms with E-state index in [9.17, 15) is 13.6 Å². The van der Waals surface area contributed by atoms with Crippen molar-refractivity contribution < 1.29 is 23.0 Å². The van der Waals surface area contributed by atoms with Crippen molar-refractivity contribution in [2.45, 2.75) is 13.3 Å². The van der Waals surface area contributed by atoms with Crippen LogP contribution in [0.15, 0.2) is 0 Å². The summed E-state index contributed by atoms with van der Waals surface area (Å²) in [5.41, 5.74) is 5.80. The number of hydrogen-bond donors (Lipinski definition) is 2. The number of esters is 1. The molecule has 0 spiro atoms. The molecule has 0 aliphatic carbocycles. The Kier molecular flexibility index (Phi) is 5.14. The van der Waals surface area contributed by atoms with E-state index >= 15 is 0 Å². The summed E-state index contributed by atoms with van der Waals surface area (Å²) in [5, 5.41) is 2.77. The van der Waals surface area contributed by atoms with Crippen molar-refractivity contribution in [3.05, 3.63) is 4.88 Å². The second kappa shape index (κ2) is 6.39. The maximum atomic E-state index is 12.1. The van der Waals surface area contributed by atoms with Gasteiger partial charge in [0, 0.05) is 0 Å². The molecule has 0 aliphatic heterocycles. The van der Waals surface area contributed by atoms with Crippen LogP contribution in [-0.2, 0) is 4.74 Å². The quantitative estimate of drug-likeness (QED) is 0.781. The number of anilines is 2. The Balaban J connectivity index is 2.97. The van der Waals surface area contributed by atoms with E-state index in [1.165, 1.54) is 7.11 Å². The van der Waals surface area contributed by atoms with Crippen LogP contribution < -0.4 is 15.8 Å². The second-order valence-corrected chi connectivity index (χ2v) is 4.22. The zero-order chi connectivity index (χ0) is 13.7. The zero-order valence-electron chi connectivity index (χ0n) is 9.96. The van der Waals surface area contributed by atoms with Crippen LogP contribution in [0.2, 0.25) is 0 Å². The predicted octanol–water partition coefficient (Wildman–Crippen LogP) is 2.19. The fourth-order valence-corrected chi connectivity index (χ4v) is 2.26. The van der Waals surface area contributed by atoms with Gasteiger partial charge in [0.2, 0.25) is 0 Å². The lowest BCUT2D eigenvalue weighted by atomic mass is 10.3. The van der Waals surface area contributed by atoms with Crippen LogP contribution in [0.4, 0.5) is 19.5 Å². The van der Waals surface area contributed by atoms with Crippen LogP contribution >= 0.6 is 11.3 Å². The molecule has 0 aliphatic rings. The van der Waals surface area contributed by atoms with Crippen molar-refractivity contribution >= 4 is 28.0 Å². The fourth-order valence-electron chi connectivity index (χ4n) is 1.27. The molecule has 0 saturated heterocycles. The van der Waals surface area contributed by atoms with Gasteiger partial charge in [0.05, 0.1) is 20.3 Å². The Morgan fingerprint density at radius 2 is 2.22 bits per heavy atom. The van der Waals surface area contributed by atoms with Gasteiger partial charge in [0.1, 0.15) is 15.6 Å². The Hall–Kier alpha value is -1.57. The van der Waals surface area contributed by atoms with Crippen LogP contribution in [0.5, 0.6) is 5.75 Å². The van der Waals surface area contributed by atoms with Crippen LogP contribution in [0.3, 0.4) is 0 Å². The zero-order valence-corrected chi connectivity index (χ0v) is 10.8. The van der Waals surface area contributed by atoms with Crippen molar-refractivity contribution in [3.8, 4) is 5.75 Å². The van der Waals surface area contributed by atoms with Gasteiger partial charge in [-0.15, -0.1) is 11.3 Å². The molecule has 5 nitrogen and oxygen atoms in total. The molecule has 0 saturated carbocycles. The first-order valence-corrected chi connectivity index (χ1v) is 5.98. The van der Waals surface area contributed by atoms with Gasteiger partial charge in [0.25, 0.3) is 6.43 Å². The van der Waals surface area contributed by atoms with Gasteiger partial charge < -0.3 is 20.5 Å². The van der Waals surface area contributed by atoms with Crippen molar-refractivity contribution in [2.75, 3.05) is 31.3 Å². The van der Waals surface area contributed by atoms with Crippen LogP contribution in [0.1, 0.15) is 16.6 Å². The van der Waals surface area contributed by atoms with E-state index in [4.69, 9.17) is 15.2 Å². The predicted molar refractivity (Wildman–Crippen MR) is 65.7 cm³/mol. The molecule has 0 bridgehead atoms. The average molecular weight is 280 g/mol. The topological polar surface area (TPSA) is 73.6 Å². The first kappa shape index (κ1) is 14.5. The van der Waals surface area contributed by atoms with Gasteiger partial charge in [-0.05, 0) is 6.92 Å². The highest BCUT2D eigenvalue weighted by molar-refractivity contribution is 7.19. The van der Waals surface area contributed by atoms with Gasteiger partial charge in [-0.2, -0.15) is 0 Å². The summed E-state index contributed by atoms with van der Waals surface area (Å²) in [6.07, 6.45) is -2.51. The van der Waals surface area contributed by atoms with Crippen molar-refractivity contribution in [1.29, 1.82) is 0 Å². The molecule has 0 amide bonds. The molecule has 1 heterocycles. The summed E-state index contributed by atoms with van der Waals surface area (Å²) < 4.78 is 34.0. The number of nitrogens with two attached hydrogens (primary N) is 1. The summed E-state index contributed by atoms with van der Waals surface area (Å²) in [7, 11) is 1.35. The van der Waals surface area contributed by atoms with Crippen LogP contribution in [0.25, 0.3) is 0 Å². The molecule has 1 aromatic rings. The van der Waals surface area contributed by atoms with Gasteiger partial charge >= 0.3 is 5.97 Å². The number of carbonyl (C=O) groups is 1. The normalized spacial score (nSPS) is 10.5. The Morgan fingerprint density at radius 1 is 1.56 bits per heavy atom. The first-order valence-electron chi connectivity index (χ1n) is 5.16. The van der Waals surface area contributed by atoms with E-state index in [-0.39, 0.29) is 22.9 Å². The minimum atomic E-state index is -2.51. The molecule has 18 heavy (non-hydrogen) atoms. The lowest BCUT2D eigenvalue weighted by Gasteiger charge is -2.05. The van der Waals surface area contributed by atoms with Gasteiger partial charge in [0.15, 0.2) is 5.75 Å². The summed E-state index contributed by atoms with van der Waals surface area (Å²) in [6.45, 7) is 1.33. The number of hydrogen-bond acceptors (Lipinski definition) is 6. The molecule has 1 rings (SSSR count). The van der Waals surface area contributed by atoms with E-state index in [1.807, 2.05) is 0 Å². The van der Waals surface area contributed by atoms with Crippen molar-refractivity contribution in [2.24, 2.45) is 0 Å². The van der Waals surface area contributed by atoms with E-state index in [0.29, 0.717) is 5.00 Å². The fraction of sp³-hybridized carbons (Fsp3) is 0.500. The number of nitrogen functional groups attached to an aromatic ring is 1. The molecule has 3 N–H and O–H groups in total. The van der Waals surface area contributed by atoms with E-state index in [2.05, 4.69) is 5.32 Å². The summed E-state index contributed by atoms with van der Waals surface area (Å²) in [4.78, 5) is 11.7. The van der Waals surface area contributed by atoms with Crippen molar-refractivity contribution in [3.63, 3.8) is 0 Å². The van der Waals surface area contributed by atoms with E-state index in [0.717, 1.165) is 11.3 Å². The molecule has 8 heteroatoms. The molecule has 0 radical (unpaired) electrons. The second-order valence-electron chi connectivity index (χ2n) is 3.20. The number of alkyl halides is 2. The van der Waals surface area contributed by atoms with Crippen molar-refractivity contribution in [1.82, 2.24) is 0 Å². The molecule has 1 aromatic heterocycles. The molecule has 0 unspecified atom stereocenters. The standard InChI is InChI=1S/C10H14F2N2O3S/c1-3-17-10(15)8-6(13)7(16-2)9(18-8)14-4-5(11)12/h5,14H,3-4,13H2,1-2H3. The Labute approximate surface area is 107 Å². The highest BCUT2D eigenvalue weighted by Crippen LogP contribution is 2.42. The number of rotatable bonds is 6. The maximum absolute atomic E-state index is 12.1. The smallest absolute Gasteiger partial charge is 0.350 e. The van der Waals surface area contributed by atoms with Gasteiger partial charge in [-0.25, -0.2) is 13.6 Å². The third-order valence-corrected chi connectivity index (χ3v) is 3.11. The molecule has 0 fully saturated rings. The van der Waals surface area contributed by atoms with Gasteiger partial charge in [-0.3, -0.25) is 0 Å². The third-order valence-electron chi connectivity index (χ3n) is 1.98. The average Bonchev–Trinajstić information content (AvgIpc) is 2.63. The minimum absolute atomic E-state index is 0.0951. The molecular formula is C10H14F2N2O3S. The van der Waals surface area contributed by atoms with E-state index in [1.54, 1.807) is 6.92 Å². The lowest BCUT2D eigenvalue weighted by Crippen LogP contribution is -2.09. The number of nitrogens with one attached hydrogen (secondary N) is 1. The first-order chi connectivity index (χ1) is 8.51. The highest BCUT2D eigenvalue weighted by atomic mass is 32.1. The summed E-state index contributed by atoms with van der Waals surface area (Å²) in [5.74, 6) is -0.410. The molecule has 102 valence electrons. The highest BCUT2D eigenvalue weighted by Gasteiger charge is 2.23. The SMILES string of the molecule is CCOC(=O)c1sc(NCC(F)F)c(OC)c1N. The number of thiophene rings is 1. The largest absolute Gasteiger partial charge is 0.492 e.